The van der Waals surface area contributed by atoms with Crippen LogP contribution >= 0.6 is 0 Å². The van der Waals surface area contributed by atoms with Crippen LogP contribution in [0.3, 0.4) is 0 Å². The van der Waals surface area contributed by atoms with E-state index < -0.39 is 0 Å². The van der Waals surface area contributed by atoms with E-state index in [9.17, 15) is 14.0 Å². The molecule has 0 saturated carbocycles. The molecule has 0 bridgehead atoms. The number of hydrogen-bond donors (Lipinski definition) is 1. The zero-order chi connectivity index (χ0) is 24.2. The lowest BCUT2D eigenvalue weighted by atomic mass is 9.99. The number of halogens is 1. The van der Waals surface area contributed by atoms with Gasteiger partial charge in [-0.25, -0.2) is 9.82 Å². The van der Waals surface area contributed by atoms with Gasteiger partial charge in [0.05, 0.1) is 12.8 Å². The van der Waals surface area contributed by atoms with Crippen molar-refractivity contribution in [1.82, 2.24) is 14.9 Å². The Morgan fingerprint density at radius 2 is 1.77 bits per heavy atom. The van der Waals surface area contributed by atoms with E-state index in [0.29, 0.717) is 25.1 Å². The summed E-state index contributed by atoms with van der Waals surface area (Å²) in [6.45, 7) is 0.866. The molecule has 1 atom stereocenters. The van der Waals surface area contributed by atoms with Crippen LogP contribution in [0.1, 0.15) is 29.0 Å². The number of hydrazone groups is 1. The summed E-state index contributed by atoms with van der Waals surface area (Å²) in [5, 5.41) is 5.07. The Hall–Kier alpha value is -4.26. The molecule has 2 amide bonds. The van der Waals surface area contributed by atoms with Crippen molar-refractivity contribution in [1.29, 1.82) is 0 Å². The minimum absolute atomic E-state index is 0.0332. The second-order valence-electron chi connectivity index (χ2n) is 8.70. The first-order chi connectivity index (χ1) is 17.1. The van der Waals surface area contributed by atoms with Gasteiger partial charge in [-0.15, -0.1) is 0 Å². The third-order valence-electron chi connectivity index (χ3n) is 6.33. The van der Waals surface area contributed by atoms with Crippen molar-refractivity contribution in [2.24, 2.45) is 5.10 Å². The fraction of sp³-hybridized carbons (Fsp3) is 0.179. The highest BCUT2D eigenvalue weighted by Crippen LogP contribution is 2.27. The van der Waals surface area contributed by atoms with Crippen LogP contribution in [-0.4, -0.2) is 40.6 Å². The Bertz CT molecular complexity index is 1400. The van der Waals surface area contributed by atoms with Gasteiger partial charge in [0.2, 0.25) is 5.91 Å². The molecule has 1 fully saturated rings. The summed E-state index contributed by atoms with van der Waals surface area (Å²) >= 11 is 0. The lowest BCUT2D eigenvalue weighted by molar-refractivity contribution is -0.133. The van der Waals surface area contributed by atoms with Crippen molar-refractivity contribution >= 4 is 28.9 Å². The molecule has 0 radical (unpaired) electrons. The Labute approximate surface area is 202 Å². The third-order valence-corrected chi connectivity index (χ3v) is 6.33. The Kier molecular flexibility index (Phi) is 6.39. The van der Waals surface area contributed by atoms with Crippen LogP contribution in [0.15, 0.2) is 90.2 Å². The van der Waals surface area contributed by atoms with E-state index in [1.807, 2.05) is 71.4 Å². The predicted molar refractivity (Wildman–Crippen MR) is 134 cm³/mol. The topological polar surface area (TPSA) is 66.7 Å². The zero-order valence-electron chi connectivity index (χ0n) is 19.1. The number of hydrogen-bond acceptors (Lipinski definition) is 3. The zero-order valence-corrected chi connectivity index (χ0v) is 19.1. The number of fused-ring (bicyclic) bond motifs is 1. The molecule has 1 saturated heterocycles. The van der Waals surface area contributed by atoms with Crippen molar-refractivity contribution in [3.05, 3.63) is 108 Å². The maximum Gasteiger partial charge on any atom is 0.259 e. The number of rotatable bonds is 7. The second-order valence-corrected chi connectivity index (χ2v) is 8.70. The number of nitrogens with zero attached hydrogens (tertiary/aromatic N) is 3. The van der Waals surface area contributed by atoms with Crippen molar-refractivity contribution in [3.63, 3.8) is 0 Å². The van der Waals surface area contributed by atoms with Crippen molar-refractivity contribution in [3.8, 4) is 0 Å². The largest absolute Gasteiger partial charge is 0.342 e. The van der Waals surface area contributed by atoms with Gasteiger partial charge < -0.3 is 9.47 Å². The van der Waals surface area contributed by atoms with Crippen LogP contribution in [0, 0.1) is 5.82 Å². The van der Waals surface area contributed by atoms with Crippen LogP contribution < -0.4 is 5.43 Å². The van der Waals surface area contributed by atoms with Gasteiger partial charge in [-0.3, -0.25) is 9.59 Å². The summed E-state index contributed by atoms with van der Waals surface area (Å²) in [7, 11) is 0. The van der Waals surface area contributed by atoms with Gasteiger partial charge in [-0.2, -0.15) is 5.10 Å². The number of aromatic nitrogens is 1. The summed E-state index contributed by atoms with van der Waals surface area (Å²) < 4.78 is 16.1. The number of carbonyl (C=O) groups excluding carboxylic acids is 2. The fourth-order valence-electron chi connectivity index (χ4n) is 4.58. The highest BCUT2D eigenvalue weighted by atomic mass is 19.1. The van der Waals surface area contributed by atoms with E-state index in [2.05, 4.69) is 10.5 Å². The molecular formula is C28H25FN4O2. The van der Waals surface area contributed by atoms with E-state index in [-0.39, 0.29) is 30.1 Å². The van der Waals surface area contributed by atoms with Crippen LogP contribution in [0.25, 0.3) is 10.9 Å². The van der Waals surface area contributed by atoms with Gasteiger partial charge in [-0.1, -0.05) is 66.7 Å². The molecule has 2 heterocycles. The van der Waals surface area contributed by atoms with E-state index in [1.54, 1.807) is 23.2 Å². The van der Waals surface area contributed by atoms with Crippen LogP contribution in [-0.2, 0) is 16.1 Å². The maximum absolute atomic E-state index is 14.2. The Morgan fingerprint density at radius 3 is 2.60 bits per heavy atom. The molecule has 1 aliphatic heterocycles. The van der Waals surface area contributed by atoms with E-state index in [1.165, 1.54) is 6.07 Å². The highest BCUT2D eigenvalue weighted by molar-refractivity contribution is 5.99. The molecule has 6 nitrogen and oxygen atoms in total. The first-order valence-corrected chi connectivity index (χ1v) is 11.5. The predicted octanol–water partition coefficient (Wildman–Crippen LogP) is 4.29. The molecule has 0 aliphatic carbocycles. The monoisotopic (exact) mass is 468 g/mol. The molecular weight excluding hydrogens is 443 g/mol. The molecule has 5 rings (SSSR count). The quantitative estimate of drug-likeness (QED) is 0.325. The minimum atomic E-state index is -0.349. The van der Waals surface area contributed by atoms with Crippen molar-refractivity contribution in [2.45, 2.75) is 18.9 Å². The number of amides is 2. The normalized spacial score (nSPS) is 15.9. The van der Waals surface area contributed by atoms with E-state index >= 15 is 0 Å². The Balaban J connectivity index is 1.24. The lowest BCUT2D eigenvalue weighted by Gasteiger charge is -2.15. The molecule has 1 aliphatic rings. The molecule has 35 heavy (non-hydrogen) atoms. The van der Waals surface area contributed by atoms with Crippen LogP contribution in [0.5, 0.6) is 0 Å². The van der Waals surface area contributed by atoms with Gasteiger partial charge in [-0.05, 0) is 17.7 Å². The van der Waals surface area contributed by atoms with Gasteiger partial charge >= 0.3 is 0 Å². The van der Waals surface area contributed by atoms with Gasteiger partial charge in [0.25, 0.3) is 5.91 Å². The maximum atomic E-state index is 14.2. The van der Waals surface area contributed by atoms with Gasteiger partial charge in [0, 0.05) is 47.1 Å². The Morgan fingerprint density at radius 1 is 1.03 bits per heavy atom. The first-order valence-electron chi connectivity index (χ1n) is 11.5. The molecule has 7 heteroatoms. The standard InChI is InChI=1S/C28H25FN4O2/c29-25-12-6-4-10-21(25)16-32-18-23(24-11-5-7-13-26(24)32)15-30-31-27(34)19-33-17-22(14-28(33)35)20-8-2-1-3-9-20/h1-13,15,18,22H,14,16-17,19H2,(H,31,34)/b30-15-/t22-/m0/s1. The van der Waals surface area contributed by atoms with Crippen LogP contribution in [0.4, 0.5) is 4.39 Å². The fourth-order valence-corrected chi connectivity index (χ4v) is 4.58. The molecule has 4 aromatic rings. The minimum Gasteiger partial charge on any atom is -0.342 e. The molecule has 1 N–H and O–H groups in total. The van der Waals surface area contributed by atoms with Crippen molar-refractivity contribution < 1.29 is 14.0 Å². The number of carbonyl (C=O) groups is 2. The van der Waals surface area contributed by atoms with Gasteiger partial charge in [0.15, 0.2) is 0 Å². The smallest absolute Gasteiger partial charge is 0.259 e. The average molecular weight is 469 g/mol. The molecule has 3 aromatic carbocycles. The molecule has 176 valence electrons. The van der Waals surface area contributed by atoms with Crippen molar-refractivity contribution in [2.75, 3.05) is 13.1 Å². The number of para-hydroxylation sites is 1. The summed E-state index contributed by atoms with van der Waals surface area (Å²) in [6, 6.07) is 24.4. The highest BCUT2D eigenvalue weighted by Gasteiger charge is 2.31. The van der Waals surface area contributed by atoms with Gasteiger partial charge in [0.1, 0.15) is 12.4 Å². The molecule has 1 aromatic heterocycles. The van der Waals surface area contributed by atoms with E-state index in [4.69, 9.17) is 0 Å². The van der Waals surface area contributed by atoms with Crippen LogP contribution in [0.2, 0.25) is 0 Å². The number of likely N-dealkylation sites (tertiary alicyclic amines) is 1. The lowest BCUT2D eigenvalue weighted by Crippen LogP contribution is -2.36. The average Bonchev–Trinajstić information content (AvgIpc) is 3.41. The third kappa shape index (κ3) is 4.99. The first kappa shape index (κ1) is 22.5. The summed E-state index contributed by atoms with van der Waals surface area (Å²) in [5.41, 5.74) is 5.98. The number of nitrogens with one attached hydrogen (secondary N) is 1. The van der Waals surface area contributed by atoms with E-state index in [0.717, 1.165) is 22.0 Å². The second kappa shape index (κ2) is 9.93. The summed E-state index contributed by atoms with van der Waals surface area (Å²) in [5.74, 6) is -0.535. The number of benzene rings is 3. The SMILES string of the molecule is O=C(CN1C[C@@H](c2ccccc2)CC1=O)N/N=C\c1cn(Cc2ccccc2F)c2ccccc12. The summed E-state index contributed by atoms with van der Waals surface area (Å²) in [4.78, 5) is 26.4. The molecule has 0 spiro atoms. The summed E-state index contributed by atoms with van der Waals surface area (Å²) in [6.07, 6.45) is 3.87. The molecule has 0 unspecified atom stereocenters.